The largest absolute Gasteiger partial charge is 0.496 e. The number of alkyl halides is 3. The molecule has 3 N–H and O–H groups in total. The van der Waals surface area contributed by atoms with Crippen LogP contribution in [0.4, 0.5) is 11.4 Å². The molecule has 0 saturated carbocycles. The van der Waals surface area contributed by atoms with Gasteiger partial charge >= 0.3 is 0 Å². The molecule has 0 fully saturated rings. The van der Waals surface area contributed by atoms with Crippen molar-refractivity contribution in [3.8, 4) is 5.75 Å². The first-order valence-electron chi connectivity index (χ1n) is 7.34. The SMILES string of the molecule is CCCC(=O)NC(NC(=S)Nc1ccc(OC)cc1[N+](=O)[O-])C(Cl)(Cl)Cl. The minimum atomic E-state index is -1.90. The van der Waals surface area contributed by atoms with Crippen LogP contribution in [0.5, 0.6) is 5.75 Å². The summed E-state index contributed by atoms with van der Waals surface area (Å²) in [7, 11) is 1.39. The van der Waals surface area contributed by atoms with Gasteiger partial charge in [0.25, 0.3) is 5.69 Å². The smallest absolute Gasteiger partial charge is 0.296 e. The summed E-state index contributed by atoms with van der Waals surface area (Å²) in [6, 6.07) is 4.18. The van der Waals surface area contributed by atoms with Gasteiger partial charge in [0.05, 0.1) is 18.1 Å². The summed E-state index contributed by atoms with van der Waals surface area (Å²) in [5, 5.41) is 18.9. The molecule has 1 aromatic carbocycles. The van der Waals surface area contributed by atoms with Crippen LogP contribution in [0.25, 0.3) is 0 Å². The maximum Gasteiger partial charge on any atom is 0.296 e. The van der Waals surface area contributed by atoms with E-state index in [-0.39, 0.29) is 28.8 Å². The normalized spacial score (nSPS) is 12.0. The number of nitro benzene ring substituents is 1. The summed E-state index contributed by atoms with van der Waals surface area (Å²) in [5.41, 5.74) is -0.148. The van der Waals surface area contributed by atoms with Gasteiger partial charge in [-0.3, -0.25) is 14.9 Å². The summed E-state index contributed by atoms with van der Waals surface area (Å²) in [4.78, 5) is 22.4. The molecule has 1 amide bonds. The number of nitrogens with zero attached hydrogens (tertiary/aromatic N) is 1. The lowest BCUT2D eigenvalue weighted by Gasteiger charge is -2.27. The Bertz CT molecular complexity index is 685. The van der Waals surface area contributed by atoms with Crippen molar-refractivity contribution in [3.05, 3.63) is 28.3 Å². The Hall–Kier alpha value is -1.55. The van der Waals surface area contributed by atoms with Crippen LogP contribution in [0.3, 0.4) is 0 Å². The number of anilines is 1. The number of methoxy groups -OCH3 is 1. The number of halogens is 3. The van der Waals surface area contributed by atoms with Gasteiger partial charge in [0.1, 0.15) is 17.6 Å². The third-order valence-corrected chi connectivity index (χ3v) is 3.91. The van der Waals surface area contributed by atoms with Gasteiger partial charge in [0.15, 0.2) is 5.11 Å². The molecular weight excluding hydrogens is 427 g/mol. The Labute approximate surface area is 170 Å². The molecule has 1 rings (SSSR count). The van der Waals surface area contributed by atoms with Crippen LogP contribution in [0.15, 0.2) is 18.2 Å². The van der Waals surface area contributed by atoms with Gasteiger partial charge < -0.3 is 20.7 Å². The third-order valence-electron chi connectivity index (χ3n) is 3.03. The first kappa shape index (κ1) is 22.5. The molecule has 0 aromatic heterocycles. The quantitative estimate of drug-likeness (QED) is 0.195. The van der Waals surface area contributed by atoms with E-state index in [9.17, 15) is 14.9 Å². The van der Waals surface area contributed by atoms with Crippen LogP contribution in [-0.2, 0) is 4.79 Å². The standard InChI is InChI=1S/C14H17Cl3N4O4S/c1-3-4-11(22)19-12(14(15,16)17)20-13(26)18-9-6-5-8(25-2)7-10(9)21(23)24/h5-7,12H,3-4H2,1-2H3,(H,19,22)(H2,18,20,26). The summed E-state index contributed by atoms with van der Waals surface area (Å²) in [6.45, 7) is 1.83. The highest BCUT2D eigenvalue weighted by molar-refractivity contribution is 7.80. The topological polar surface area (TPSA) is 106 Å². The number of hydrogen-bond acceptors (Lipinski definition) is 5. The Kier molecular flexibility index (Phi) is 8.61. The fourth-order valence-corrected chi connectivity index (χ4v) is 2.40. The molecule has 0 radical (unpaired) electrons. The highest BCUT2D eigenvalue weighted by Crippen LogP contribution is 2.31. The zero-order valence-corrected chi connectivity index (χ0v) is 16.9. The first-order chi connectivity index (χ1) is 12.1. The fourth-order valence-electron chi connectivity index (χ4n) is 1.84. The number of ether oxygens (including phenoxy) is 1. The fraction of sp³-hybridized carbons (Fsp3) is 0.429. The van der Waals surface area contributed by atoms with Gasteiger partial charge in [-0.15, -0.1) is 0 Å². The molecule has 1 atom stereocenters. The van der Waals surface area contributed by atoms with Crippen molar-refractivity contribution < 1.29 is 14.5 Å². The van der Waals surface area contributed by atoms with Gasteiger partial charge in [0, 0.05) is 6.42 Å². The maximum atomic E-state index is 11.8. The molecule has 0 heterocycles. The van der Waals surface area contributed by atoms with E-state index in [1.165, 1.54) is 25.3 Å². The van der Waals surface area contributed by atoms with E-state index in [0.29, 0.717) is 12.2 Å². The Balaban J connectivity index is 2.91. The molecule has 0 saturated heterocycles. The van der Waals surface area contributed by atoms with E-state index in [0.717, 1.165) is 0 Å². The highest BCUT2D eigenvalue weighted by atomic mass is 35.6. The van der Waals surface area contributed by atoms with Crippen LogP contribution < -0.4 is 20.7 Å². The lowest BCUT2D eigenvalue weighted by molar-refractivity contribution is -0.384. The van der Waals surface area contributed by atoms with Gasteiger partial charge in [-0.05, 0) is 30.8 Å². The zero-order chi connectivity index (χ0) is 19.9. The van der Waals surface area contributed by atoms with Gasteiger partial charge in [-0.25, -0.2) is 0 Å². The number of thiocarbonyl (C=S) groups is 1. The number of carbonyl (C=O) groups is 1. The molecule has 0 bridgehead atoms. The Morgan fingerprint density at radius 3 is 2.54 bits per heavy atom. The number of hydrogen-bond donors (Lipinski definition) is 3. The van der Waals surface area contributed by atoms with E-state index in [1.807, 2.05) is 6.92 Å². The second kappa shape index (κ2) is 9.96. The molecule has 8 nitrogen and oxygen atoms in total. The van der Waals surface area contributed by atoms with Crippen molar-refractivity contribution in [2.45, 2.75) is 29.7 Å². The number of nitro groups is 1. The van der Waals surface area contributed by atoms with Gasteiger partial charge in [-0.1, -0.05) is 41.7 Å². The molecular formula is C14H17Cl3N4O4S. The predicted molar refractivity (Wildman–Crippen MR) is 106 cm³/mol. The van der Waals surface area contributed by atoms with Crippen LogP contribution in [0.1, 0.15) is 19.8 Å². The Morgan fingerprint density at radius 2 is 2.04 bits per heavy atom. The van der Waals surface area contributed by atoms with Crippen molar-refractivity contribution in [2.24, 2.45) is 0 Å². The minimum Gasteiger partial charge on any atom is -0.496 e. The van der Waals surface area contributed by atoms with Crippen molar-refractivity contribution in [1.29, 1.82) is 0 Å². The van der Waals surface area contributed by atoms with Crippen LogP contribution in [-0.4, -0.2) is 33.0 Å². The van der Waals surface area contributed by atoms with Crippen molar-refractivity contribution >= 4 is 69.4 Å². The molecule has 0 spiro atoms. The average Bonchev–Trinajstić information content (AvgIpc) is 2.53. The number of nitrogens with one attached hydrogen (secondary N) is 3. The Morgan fingerprint density at radius 1 is 1.38 bits per heavy atom. The second-order valence-corrected chi connectivity index (χ2v) is 7.81. The number of rotatable bonds is 7. The molecule has 1 aromatic rings. The monoisotopic (exact) mass is 442 g/mol. The summed E-state index contributed by atoms with van der Waals surface area (Å²) >= 11 is 22.7. The van der Waals surface area contributed by atoms with Crippen molar-refractivity contribution in [3.63, 3.8) is 0 Å². The molecule has 0 aliphatic heterocycles. The number of amides is 1. The number of benzene rings is 1. The minimum absolute atomic E-state index is 0.0774. The highest BCUT2D eigenvalue weighted by Gasteiger charge is 2.34. The van der Waals surface area contributed by atoms with E-state index in [4.69, 9.17) is 51.8 Å². The van der Waals surface area contributed by atoms with E-state index >= 15 is 0 Å². The molecule has 26 heavy (non-hydrogen) atoms. The van der Waals surface area contributed by atoms with Crippen LogP contribution in [0, 0.1) is 10.1 Å². The van der Waals surface area contributed by atoms with Crippen molar-refractivity contribution in [1.82, 2.24) is 10.6 Å². The average molecular weight is 444 g/mol. The first-order valence-corrected chi connectivity index (χ1v) is 8.88. The molecule has 0 aliphatic rings. The number of carbonyl (C=O) groups excluding carboxylic acids is 1. The summed E-state index contributed by atoms with van der Waals surface area (Å²) in [6.07, 6.45) is -0.286. The zero-order valence-electron chi connectivity index (χ0n) is 13.8. The van der Waals surface area contributed by atoms with Crippen LogP contribution >= 0.6 is 47.0 Å². The third kappa shape index (κ3) is 6.99. The summed E-state index contributed by atoms with van der Waals surface area (Å²) in [5.74, 6) is -0.0262. The second-order valence-electron chi connectivity index (χ2n) is 5.03. The van der Waals surface area contributed by atoms with Crippen molar-refractivity contribution in [2.75, 3.05) is 12.4 Å². The van der Waals surface area contributed by atoms with Gasteiger partial charge in [-0.2, -0.15) is 0 Å². The van der Waals surface area contributed by atoms with Crippen LogP contribution in [0.2, 0.25) is 0 Å². The van der Waals surface area contributed by atoms with E-state index < -0.39 is 14.9 Å². The molecule has 12 heteroatoms. The molecule has 144 valence electrons. The predicted octanol–water partition coefficient (Wildman–Crippen LogP) is 3.50. The van der Waals surface area contributed by atoms with E-state index in [1.54, 1.807) is 0 Å². The van der Waals surface area contributed by atoms with E-state index in [2.05, 4.69) is 16.0 Å². The molecule has 1 unspecified atom stereocenters. The maximum absolute atomic E-state index is 11.8. The summed E-state index contributed by atoms with van der Waals surface area (Å²) < 4.78 is 3.06. The lowest BCUT2D eigenvalue weighted by Crippen LogP contribution is -2.56. The lowest BCUT2D eigenvalue weighted by atomic mass is 10.2. The molecule has 0 aliphatic carbocycles. The van der Waals surface area contributed by atoms with Gasteiger partial charge in [0.2, 0.25) is 9.70 Å².